The van der Waals surface area contributed by atoms with E-state index in [0.29, 0.717) is 22.3 Å². The molecule has 4 aliphatic rings. The number of aromatic nitrogens is 4. The number of hydrogen-bond acceptors (Lipinski definition) is 0. The predicted molar refractivity (Wildman–Crippen MR) is 508 cm³/mol. The summed E-state index contributed by atoms with van der Waals surface area (Å²) in [6, 6.07) is 79.1. The maximum atomic E-state index is 7.96. The molecule has 4 aliphatic carbocycles. The summed E-state index contributed by atoms with van der Waals surface area (Å²) >= 11 is 0. The molecule has 12 aromatic carbocycles. The summed E-state index contributed by atoms with van der Waals surface area (Å²) in [5.74, 6) is 0. The second-order valence-electron chi connectivity index (χ2n) is 37.1. The number of rotatable bonds is 4. The molecule has 120 heavy (non-hydrogen) atoms. The Labute approximate surface area is 731 Å². The lowest BCUT2D eigenvalue weighted by molar-refractivity contribution is -0.661. The van der Waals surface area contributed by atoms with Crippen LogP contribution in [-0.2, 0) is 75.5 Å². The van der Waals surface area contributed by atoms with Crippen molar-refractivity contribution < 1.29 is 34.7 Å². The first-order chi connectivity index (χ1) is 62.0. The van der Waals surface area contributed by atoms with Gasteiger partial charge in [0.15, 0.2) is 24.8 Å². The molecule has 0 fully saturated rings. The Hall–Kier alpha value is -11.7. The fourth-order valence-electron chi connectivity index (χ4n) is 20.5. The van der Waals surface area contributed by atoms with Gasteiger partial charge in [0.25, 0.3) is 0 Å². The average molecular weight is 1580 g/mol. The van der Waals surface area contributed by atoms with Gasteiger partial charge in [-0.2, -0.15) is 0 Å². The first kappa shape index (κ1) is 67.1. The number of fused-ring (bicyclic) bond motifs is 18. The molecule has 0 aliphatic heterocycles. The molecule has 0 amide bonds. The summed E-state index contributed by atoms with van der Waals surface area (Å²) in [6.45, 7) is 26.7. The Bertz CT molecular complexity index is 7460. The topological polar surface area (TPSA) is 15.5 Å². The van der Waals surface area contributed by atoms with Crippen molar-refractivity contribution in [3.05, 3.63) is 354 Å². The minimum absolute atomic E-state index is 0.0627. The highest BCUT2D eigenvalue weighted by atomic mass is 14.9. The van der Waals surface area contributed by atoms with Gasteiger partial charge >= 0.3 is 0 Å². The molecule has 4 heterocycles. The van der Waals surface area contributed by atoms with Gasteiger partial charge < -0.3 is 0 Å². The molecule has 0 radical (unpaired) electrons. The van der Waals surface area contributed by atoms with Crippen LogP contribution < -0.4 is 18.3 Å². The van der Waals surface area contributed by atoms with Gasteiger partial charge in [0, 0.05) is 79.4 Å². The molecule has 0 saturated carbocycles. The van der Waals surface area contributed by atoms with E-state index in [1.807, 2.05) is 92.4 Å². The third kappa shape index (κ3) is 13.3. The Morgan fingerprint density at radius 1 is 0.242 bits per heavy atom. The van der Waals surface area contributed by atoms with Crippen molar-refractivity contribution in [2.75, 3.05) is 0 Å². The van der Waals surface area contributed by atoms with Crippen molar-refractivity contribution in [3.63, 3.8) is 0 Å². The van der Waals surface area contributed by atoms with Crippen molar-refractivity contribution in [3.8, 4) is 89.5 Å². The van der Waals surface area contributed by atoms with E-state index < -0.39 is 27.4 Å². The number of hydrogen-bond donors (Lipinski definition) is 0. The summed E-state index contributed by atoms with van der Waals surface area (Å²) in [6.07, 6.45) is 11.1. The van der Waals surface area contributed by atoms with Crippen LogP contribution in [0.15, 0.2) is 243 Å². The number of aryl methyl sites for hydroxylation is 18. The number of benzene rings is 12. The van der Waals surface area contributed by atoms with E-state index in [2.05, 4.69) is 283 Å². The SMILES string of the molecule is [2H]C([2H])([2H])c1c[n+](C)c(-c2c(C)ccc3c2C(C)(C)C(C)(C)c2cc4ccccc4cc2-3)cc1C.[2H]C([2H])([2H])c1c[n+](C)c(-c2c(C)ccc3c2CCc2cc4ccccc4cc2-3)cc1C.[2H]C([2H])([2H])c1c[n+](C)c(-c2c(C)ccc3c2CCc2ccc4ccccc4c2-3)cc1C.[2H]C([2H])([2H])c1c[n+](C)c(-c2cc3c(cc2C)C(C)(C)C(C)(C)c2c-3ccc3ccccc23)cc1C. The fraction of sp³-hybridized carbons (Fsp3) is 0.276. The quantitative estimate of drug-likeness (QED) is 0.156. The summed E-state index contributed by atoms with van der Waals surface area (Å²) in [7, 11) is 7.81. The van der Waals surface area contributed by atoms with Gasteiger partial charge in [0.1, 0.15) is 28.2 Å². The number of pyridine rings is 4. The van der Waals surface area contributed by atoms with E-state index in [-0.39, 0.29) is 21.7 Å². The van der Waals surface area contributed by atoms with Crippen molar-refractivity contribution in [2.24, 2.45) is 28.2 Å². The lowest BCUT2D eigenvalue weighted by atomic mass is 9.54. The van der Waals surface area contributed by atoms with Crippen LogP contribution in [0, 0.1) is 82.8 Å². The van der Waals surface area contributed by atoms with Crippen LogP contribution in [0.2, 0.25) is 0 Å². The van der Waals surface area contributed by atoms with Crippen molar-refractivity contribution in [2.45, 2.75) is 186 Å². The van der Waals surface area contributed by atoms with Gasteiger partial charge in [-0.15, -0.1) is 0 Å². The van der Waals surface area contributed by atoms with Crippen molar-refractivity contribution >= 4 is 43.1 Å². The van der Waals surface area contributed by atoms with Gasteiger partial charge in [-0.3, -0.25) is 0 Å². The number of nitrogens with zero attached hydrogens (tertiary/aromatic N) is 4. The minimum Gasteiger partial charge on any atom is -0.201 e. The van der Waals surface area contributed by atoms with Gasteiger partial charge in [0.2, 0.25) is 22.8 Å². The molecule has 600 valence electrons. The summed E-state index contributed by atoms with van der Waals surface area (Å²) in [4.78, 5) is 0. The third-order valence-electron chi connectivity index (χ3n) is 28.7. The Morgan fingerprint density at radius 2 is 0.617 bits per heavy atom. The summed E-state index contributed by atoms with van der Waals surface area (Å²) in [5.41, 5.74) is 39.7. The zero-order valence-electron chi connectivity index (χ0n) is 85.7. The van der Waals surface area contributed by atoms with Crippen LogP contribution >= 0.6 is 0 Å². The Morgan fingerprint density at radius 3 is 1.16 bits per heavy atom. The molecule has 0 bridgehead atoms. The molecule has 0 spiro atoms. The fourth-order valence-corrected chi connectivity index (χ4v) is 20.5. The van der Waals surface area contributed by atoms with Crippen LogP contribution in [-0.4, -0.2) is 0 Å². The highest BCUT2D eigenvalue weighted by Crippen LogP contribution is 2.59. The molecule has 0 N–H and O–H groups in total. The minimum atomic E-state index is -2.13. The first-order valence-corrected chi connectivity index (χ1v) is 42.7. The second kappa shape index (κ2) is 30.2. The predicted octanol–water partition coefficient (Wildman–Crippen LogP) is 27.0. The van der Waals surface area contributed by atoms with Crippen LogP contribution in [0.3, 0.4) is 0 Å². The van der Waals surface area contributed by atoms with E-state index in [1.54, 1.807) is 24.8 Å². The monoisotopic (exact) mass is 1580 g/mol. The highest BCUT2D eigenvalue weighted by molar-refractivity contribution is 6.02. The molecule has 0 atom stereocenters. The van der Waals surface area contributed by atoms with Gasteiger partial charge in [0.05, 0.1) is 16.7 Å². The molecular weight excluding hydrogens is 1450 g/mol. The van der Waals surface area contributed by atoms with Crippen molar-refractivity contribution in [1.29, 1.82) is 0 Å². The van der Waals surface area contributed by atoms with E-state index >= 15 is 0 Å². The second-order valence-corrected chi connectivity index (χ2v) is 37.1. The largest absolute Gasteiger partial charge is 0.213 e. The van der Waals surface area contributed by atoms with E-state index in [1.165, 1.54) is 171 Å². The van der Waals surface area contributed by atoms with E-state index in [0.717, 1.165) is 76.3 Å². The van der Waals surface area contributed by atoms with E-state index in [9.17, 15) is 0 Å². The zero-order chi connectivity index (χ0) is 94.8. The maximum absolute atomic E-state index is 7.96. The average Bonchev–Trinajstić information content (AvgIpc) is 0.698. The van der Waals surface area contributed by atoms with Gasteiger partial charge in [-0.1, -0.05) is 225 Å². The maximum Gasteiger partial charge on any atom is 0.213 e. The van der Waals surface area contributed by atoms with E-state index in [4.69, 9.17) is 16.4 Å². The molecule has 0 saturated heterocycles. The highest BCUT2D eigenvalue weighted by Gasteiger charge is 2.50. The molecule has 4 heteroatoms. The van der Waals surface area contributed by atoms with Crippen LogP contribution in [0.1, 0.15) is 183 Å². The lowest BCUT2D eigenvalue weighted by Crippen LogP contribution is -2.44. The summed E-state index contributed by atoms with van der Waals surface area (Å²) < 4.78 is 103. The summed E-state index contributed by atoms with van der Waals surface area (Å²) in [5, 5.41) is 10.2. The Kier molecular flexibility index (Phi) is 16.9. The third-order valence-corrected chi connectivity index (χ3v) is 28.7. The Balaban J connectivity index is 0.000000123. The molecule has 0 unspecified atom stereocenters. The molecule has 4 nitrogen and oxygen atoms in total. The molecule has 4 aromatic heterocycles. The van der Waals surface area contributed by atoms with Gasteiger partial charge in [-0.25, -0.2) is 18.3 Å². The lowest BCUT2D eigenvalue weighted by Gasteiger charge is -2.49. The molecular formula is C116H120N4+4. The molecule has 16 aromatic rings. The standard InChI is InChI=1S/2C31H34N.2C27H26N/c1-19-16-28(32(8)18-21(19)3)25-17-26-24-14-13-22-11-9-10-12-23(22)29(24)31(6,7)30(4,5)27(26)15-20(25)2;1-19-13-14-24-25-16-22-11-9-10-12-23(22)17-26(25)30(4,5)31(6,7)29(24)28(19)27-15-20(2)21(3)18-32(27)8;1-17-9-13-24-23(26(17)25-15-18(2)19(3)16-28(25)4)14-12-21-11-10-20-7-5-6-8-22(20)27(21)24;1-17-9-11-23-24(27(17)26-13-18(2)19(3)16-28(26)4)12-10-22-14-20-7-5-6-8-21(20)15-25(22)23/h2*9-18H,1-8H3;5-11,13,15-16H,12,14H2,1-4H3;5-9,11,13-16H,10,12H2,1-4H3/q4*+1/i4*3D3. The zero-order valence-corrected chi connectivity index (χ0v) is 73.7. The smallest absolute Gasteiger partial charge is 0.201 e. The van der Waals surface area contributed by atoms with Crippen LogP contribution in [0.25, 0.3) is 133 Å². The van der Waals surface area contributed by atoms with Crippen LogP contribution in [0.4, 0.5) is 0 Å². The molecule has 20 rings (SSSR count). The van der Waals surface area contributed by atoms with Crippen molar-refractivity contribution in [1.82, 2.24) is 0 Å². The first-order valence-electron chi connectivity index (χ1n) is 48.7. The van der Waals surface area contributed by atoms with Crippen LogP contribution in [0.5, 0.6) is 0 Å². The normalized spacial score (nSPS) is 16.4. The van der Waals surface area contributed by atoms with Gasteiger partial charge in [-0.05, 0) is 320 Å².